The monoisotopic (exact) mass is 2110 g/mol. The van der Waals surface area contributed by atoms with Gasteiger partial charge in [0.1, 0.15) is 52.3 Å². The maximum atomic E-state index is 13.2. The lowest BCUT2D eigenvalue weighted by molar-refractivity contribution is -0.142. The third kappa shape index (κ3) is 22.9. The summed E-state index contributed by atoms with van der Waals surface area (Å²) in [4.78, 5) is 144. The first-order valence-corrected chi connectivity index (χ1v) is 40.2. The molecule has 8 heterocycles. The molecule has 7 aromatic carbocycles. The van der Waals surface area contributed by atoms with E-state index in [1.165, 1.54) is 56.4 Å². The van der Waals surface area contributed by atoms with Crippen LogP contribution in [0.25, 0.3) is 39.2 Å². The van der Waals surface area contributed by atoms with Crippen LogP contribution in [0, 0.1) is 26.6 Å². The molecule has 0 aliphatic carbocycles. The minimum absolute atomic E-state index is 0.00818. The van der Waals surface area contributed by atoms with E-state index in [-0.39, 0.29) is 111 Å². The second kappa shape index (κ2) is 41.7. The SMILES string of the molecule is C#C[C@]1(CN2Cc3ccc(OC)cc3C2=O)NC(=O)NC1=O.CCOC(=O)CC(=O)c1ccc(OCOC)c(I)c1.COCOc1ccc(-c2cc(=O)[nH][nH]2)cc1I.COCOc1ccc(C(=O)O)cc1I.COc1ccc2c(c1)C(=O)N(C[C@@]1(c3cc4cc(C5=CC(=O)CN5)ccc4o3)NC(=O)NC1=O)C2.O=c1cc(-c2ccc(O)c(I)c2)[nH][nH]1. The van der Waals surface area contributed by atoms with Crippen LogP contribution in [0.3, 0.4) is 0 Å². The van der Waals surface area contributed by atoms with Gasteiger partial charge in [-0.05, 0) is 235 Å². The Labute approximate surface area is 742 Å². The number of phenolic OH excluding ortho intramolecular Hbond substituents is 1. The number of ketones is 2. The van der Waals surface area contributed by atoms with E-state index in [1.807, 2.05) is 75.5 Å². The van der Waals surface area contributed by atoms with Crippen LogP contribution in [0.15, 0.2) is 166 Å². The van der Waals surface area contributed by atoms with Gasteiger partial charge in [-0.25, -0.2) is 14.4 Å². The fourth-order valence-electron chi connectivity index (χ4n) is 12.2. The average Bonchev–Trinajstić information content (AvgIpc) is 1.60. The highest BCUT2D eigenvalue weighted by atomic mass is 127. The Kier molecular flexibility index (Phi) is 31.5. The van der Waals surface area contributed by atoms with Gasteiger partial charge in [-0.15, -0.1) is 6.42 Å². The van der Waals surface area contributed by atoms with Gasteiger partial charge in [0, 0.05) is 91.5 Å². The lowest BCUT2D eigenvalue weighted by atomic mass is 9.95. The quantitative estimate of drug-likeness (QED) is 0.00510. The van der Waals surface area contributed by atoms with Gasteiger partial charge in [0.2, 0.25) is 0 Å². The number of fused-ring (bicyclic) bond motifs is 3. The van der Waals surface area contributed by atoms with Crippen molar-refractivity contribution in [2.45, 2.75) is 37.5 Å². The zero-order chi connectivity index (χ0) is 87.4. The summed E-state index contributed by atoms with van der Waals surface area (Å²) in [5, 5.41) is 41.7. The Morgan fingerprint density at radius 2 is 1.06 bits per heavy atom. The molecule has 2 fully saturated rings. The molecule has 0 spiro atoms. The van der Waals surface area contributed by atoms with Crippen molar-refractivity contribution in [2.24, 2.45) is 0 Å². The molecule has 0 radical (unpaired) electrons. The van der Waals surface area contributed by atoms with E-state index in [1.54, 1.807) is 117 Å². The number of urea groups is 2. The number of imide groups is 2. The van der Waals surface area contributed by atoms with Crippen molar-refractivity contribution in [2.75, 3.05) is 82.2 Å². The summed E-state index contributed by atoms with van der Waals surface area (Å²) in [7, 11) is 7.68. The van der Waals surface area contributed by atoms with Crippen molar-refractivity contribution >= 4 is 166 Å². The molecule has 3 aromatic heterocycles. The van der Waals surface area contributed by atoms with E-state index in [9.17, 15) is 62.6 Å². The molecular formula is C82H75I4N11O24. The fourth-order valence-corrected chi connectivity index (χ4v) is 14.7. The van der Waals surface area contributed by atoms with Crippen molar-refractivity contribution in [3.63, 3.8) is 0 Å². The maximum Gasteiger partial charge on any atom is 0.335 e. The number of ether oxygens (including phenoxy) is 9. The number of Topliss-reactive ketones (excluding diaryl/α,β-unsaturated/α-hetero) is 1. The molecule has 0 unspecified atom stereocenters. The average molecular weight is 2110 g/mol. The number of esters is 1. The number of furan rings is 1. The van der Waals surface area contributed by atoms with Crippen molar-refractivity contribution in [3.8, 4) is 69.4 Å². The van der Waals surface area contributed by atoms with Crippen molar-refractivity contribution in [3.05, 3.63) is 231 Å². The minimum Gasteiger partial charge on any atom is -0.507 e. The first-order chi connectivity index (χ1) is 57.9. The van der Waals surface area contributed by atoms with E-state index < -0.39 is 46.9 Å². The number of benzene rings is 7. The smallest absolute Gasteiger partial charge is 0.335 e. The van der Waals surface area contributed by atoms with Crippen molar-refractivity contribution in [1.82, 2.24) is 56.8 Å². The molecule has 15 rings (SSSR count). The van der Waals surface area contributed by atoms with Gasteiger partial charge in [0.25, 0.3) is 34.7 Å². The molecular weight excluding hydrogens is 2030 g/mol. The molecule has 10 aromatic rings. The largest absolute Gasteiger partial charge is 0.507 e. The van der Waals surface area contributed by atoms with Gasteiger partial charge in [-0.3, -0.25) is 74.2 Å². The van der Waals surface area contributed by atoms with E-state index in [2.05, 4.69) is 98.1 Å². The summed E-state index contributed by atoms with van der Waals surface area (Å²) in [5.41, 5.74) is 5.17. The number of amides is 8. The summed E-state index contributed by atoms with van der Waals surface area (Å²) in [6.45, 7) is 3.14. The Hall–Kier alpha value is -12.1. The van der Waals surface area contributed by atoms with Crippen LogP contribution in [-0.2, 0) is 56.8 Å². The van der Waals surface area contributed by atoms with Crippen LogP contribution in [0.5, 0.6) is 34.5 Å². The highest BCUT2D eigenvalue weighted by molar-refractivity contribution is 14.1. The summed E-state index contributed by atoms with van der Waals surface area (Å²) >= 11 is 8.28. The van der Waals surface area contributed by atoms with Gasteiger partial charge >= 0.3 is 24.0 Å². The number of nitrogens with one attached hydrogen (secondary N) is 9. The molecule has 0 bridgehead atoms. The van der Waals surface area contributed by atoms with Gasteiger partial charge in [0.05, 0.1) is 71.7 Å². The molecule has 0 saturated carbocycles. The number of aromatic nitrogens is 4. The van der Waals surface area contributed by atoms with E-state index in [0.717, 1.165) is 53.5 Å². The number of methoxy groups -OCH3 is 5. The molecule has 2 saturated heterocycles. The highest BCUT2D eigenvalue weighted by Crippen LogP contribution is 2.38. The normalized spacial score (nSPS) is 15.7. The second-order valence-electron chi connectivity index (χ2n) is 26.2. The lowest BCUT2D eigenvalue weighted by Crippen LogP contribution is -2.54. The van der Waals surface area contributed by atoms with Crippen LogP contribution in [0.1, 0.15) is 77.2 Å². The predicted molar refractivity (Wildman–Crippen MR) is 468 cm³/mol. The minimum atomic E-state index is -1.60. The number of H-pyrrole nitrogens is 4. The van der Waals surface area contributed by atoms with Gasteiger partial charge in [0.15, 0.2) is 43.0 Å². The third-order valence-electron chi connectivity index (χ3n) is 18.1. The maximum absolute atomic E-state index is 13.2. The number of carbonyl (C=O) groups excluding carboxylic acids is 9. The predicted octanol–water partition coefficient (Wildman–Crippen LogP) is 9.53. The zero-order valence-electron chi connectivity index (χ0n) is 64.9. The number of nitrogens with zero attached hydrogens (tertiary/aromatic N) is 2. The number of hydrogen-bond acceptors (Lipinski definition) is 24. The number of terminal acetylenes is 1. The third-order valence-corrected chi connectivity index (χ3v) is 21.5. The van der Waals surface area contributed by atoms with Gasteiger partial charge in [-0.1, -0.05) is 18.1 Å². The Morgan fingerprint density at radius 1 is 0.554 bits per heavy atom. The number of hydrogen-bond donors (Lipinski definition) is 11. The Balaban J connectivity index is 0.000000158. The van der Waals surface area contributed by atoms with Gasteiger partial charge in [-0.2, -0.15) is 0 Å². The van der Waals surface area contributed by atoms with Crippen molar-refractivity contribution < 1.29 is 105 Å². The fraction of sp³-hybridized carbons (Fsp3) is 0.220. The summed E-state index contributed by atoms with van der Waals surface area (Å²) < 4.78 is 54.6. The Bertz CT molecular complexity index is 5830. The van der Waals surface area contributed by atoms with Crippen LogP contribution >= 0.6 is 90.4 Å². The molecule has 39 heteroatoms. The van der Waals surface area contributed by atoms with Crippen LogP contribution in [0.4, 0.5) is 9.59 Å². The summed E-state index contributed by atoms with van der Waals surface area (Å²) in [6, 6.07) is 39.6. The zero-order valence-corrected chi connectivity index (χ0v) is 73.5. The first kappa shape index (κ1) is 91.2. The second-order valence-corrected chi connectivity index (χ2v) is 30.8. The number of phenols is 1. The van der Waals surface area contributed by atoms with Crippen LogP contribution in [-0.4, -0.2) is 187 Å². The molecule has 121 heavy (non-hydrogen) atoms. The molecule has 35 nitrogen and oxygen atoms in total. The number of aromatic carboxylic acids is 1. The van der Waals surface area contributed by atoms with Crippen LogP contribution in [0.2, 0.25) is 0 Å². The lowest BCUT2D eigenvalue weighted by Gasteiger charge is -2.29. The highest BCUT2D eigenvalue weighted by Gasteiger charge is 2.53. The first-order valence-electron chi connectivity index (χ1n) is 35.9. The standard InChI is InChI=1S/C25H20N4O6.C15H13N3O4.C13H15IO5.C11H11IN2O3.C9H7IN2O2.C9H9IO4/c1-34-17-4-2-14-11-29(22(31)18(14)9-17)12-25(23(32)27-24(33)28-25)21-7-15-6-13(3-5-20(15)35-21)19-8-16(30)10-26-19;1-3-15(13(20)16-14(21)17-15)8-18-7-9-4-5-10(22-2)6-11(9)12(18)19;1-3-18-13(16)7-11(15)9-4-5-12(10(14)6-9)19-8-17-2;1-16-6-17-10-3-2-7(4-8(10)12)9-5-11(15)14-13-9;10-6-3-5(1-2-8(6)13)7-4-9(14)12-11-7;1-13-5-14-8-3-2-6(9(11)12)4-7(8)10/h2-9,26H,10-12H2,1H3,(H2,27,28,32,33);1,4-6H,7-8H2,2H3,(H2,16,17,20,21);4-6H,3,7-8H2,1-2H3;2-5H,6H2,1H3,(H2,13,14,15);1-4,13H,(H2,11,12,14);2-4H,5H2,1H3,(H,11,12)/t25-;15-;;;;/m01..../s1. The molecule has 11 N–H and O–H groups in total. The number of halogens is 4. The molecule has 630 valence electrons. The Morgan fingerprint density at radius 3 is 1.51 bits per heavy atom. The van der Waals surface area contributed by atoms with E-state index in [4.69, 9.17) is 58.6 Å². The van der Waals surface area contributed by atoms with Crippen molar-refractivity contribution in [1.29, 1.82) is 0 Å². The number of carbonyl (C=O) groups is 10. The topological polar surface area (TPSA) is 471 Å². The molecule has 5 aliphatic rings. The van der Waals surface area contributed by atoms with Gasteiger partial charge < -0.3 is 83.0 Å². The number of carboxylic acids is 1. The number of rotatable bonds is 24. The summed E-state index contributed by atoms with van der Waals surface area (Å²) in [5.74, 6) is 2.41. The number of aromatic amines is 4. The number of aromatic hydroxyl groups is 1. The summed E-state index contributed by atoms with van der Waals surface area (Å²) in [6.07, 6.45) is 6.71. The molecule has 2 atom stereocenters. The van der Waals surface area contributed by atoms with E-state index in [0.29, 0.717) is 68.6 Å². The van der Waals surface area contributed by atoms with E-state index >= 15 is 0 Å². The molecule has 8 amide bonds. The molecule has 5 aliphatic heterocycles. The van der Waals surface area contributed by atoms with Crippen LogP contribution < -0.4 is 61.4 Å². The number of carboxylic acid groups (broad SMARTS) is 1.